The quantitative estimate of drug-likeness (QED) is 0.152. The van der Waals surface area contributed by atoms with E-state index in [0.29, 0.717) is 0 Å². The summed E-state index contributed by atoms with van der Waals surface area (Å²) < 4.78 is 6.31. The zero-order valence-electron chi connectivity index (χ0n) is 36.8. The molecular formula is C65H44O. The van der Waals surface area contributed by atoms with E-state index in [-0.39, 0.29) is 5.41 Å². The van der Waals surface area contributed by atoms with Gasteiger partial charge < -0.3 is 4.42 Å². The molecule has 1 aromatic heterocycles. The zero-order chi connectivity index (χ0) is 43.9. The summed E-state index contributed by atoms with van der Waals surface area (Å²) in [4.78, 5) is 0. The molecule has 1 aliphatic rings. The van der Waals surface area contributed by atoms with E-state index in [1.807, 2.05) is 6.07 Å². The molecule has 13 rings (SSSR count). The lowest BCUT2D eigenvalue weighted by Crippen LogP contribution is -2.14. The summed E-state index contributed by atoms with van der Waals surface area (Å²) in [7, 11) is 0. The molecule has 0 radical (unpaired) electrons. The van der Waals surface area contributed by atoms with Crippen LogP contribution >= 0.6 is 0 Å². The smallest absolute Gasteiger partial charge is 0.135 e. The Hall–Kier alpha value is -8.26. The Bertz CT molecular complexity index is 3830. The van der Waals surface area contributed by atoms with Gasteiger partial charge in [-0.2, -0.15) is 0 Å². The molecule has 12 aromatic rings. The number of rotatable bonds is 6. The first kappa shape index (κ1) is 38.2. The van der Waals surface area contributed by atoms with Gasteiger partial charge in [0.1, 0.15) is 11.2 Å². The number of furan rings is 1. The van der Waals surface area contributed by atoms with Gasteiger partial charge in [-0.15, -0.1) is 0 Å². The summed E-state index contributed by atoms with van der Waals surface area (Å²) in [5.74, 6) is 0. The van der Waals surface area contributed by atoms with Crippen LogP contribution in [0.15, 0.2) is 235 Å². The van der Waals surface area contributed by atoms with E-state index in [1.54, 1.807) is 0 Å². The van der Waals surface area contributed by atoms with Gasteiger partial charge >= 0.3 is 0 Å². The van der Waals surface area contributed by atoms with E-state index in [1.165, 1.54) is 105 Å². The second-order valence-corrected chi connectivity index (χ2v) is 18.3. The minimum Gasteiger partial charge on any atom is -0.456 e. The van der Waals surface area contributed by atoms with E-state index < -0.39 is 0 Å². The molecule has 1 heterocycles. The van der Waals surface area contributed by atoms with Crippen molar-refractivity contribution < 1.29 is 4.42 Å². The topological polar surface area (TPSA) is 13.1 Å². The maximum absolute atomic E-state index is 6.31. The van der Waals surface area contributed by atoms with Crippen molar-refractivity contribution in [2.24, 2.45) is 0 Å². The first-order chi connectivity index (χ1) is 32.5. The van der Waals surface area contributed by atoms with Crippen LogP contribution in [0.4, 0.5) is 0 Å². The van der Waals surface area contributed by atoms with Gasteiger partial charge in [-0.05, 0) is 141 Å². The van der Waals surface area contributed by atoms with Gasteiger partial charge in [-0.3, -0.25) is 0 Å². The van der Waals surface area contributed by atoms with Crippen molar-refractivity contribution in [1.29, 1.82) is 0 Å². The van der Waals surface area contributed by atoms with Crippen LogP contribution in [0.25, 0.3) is 121 Å². The van der Waals surface area contributed by atoms with Gasteiger partial charge in [0, 0.05) is 16.2 Å². The van der Waals surface area contributed by atoms with Crippen LogP contribution in [0.3, 0.4) is 0 Å². The monoisotopic (exact) mass is 840 g/mol. The molecule has 0 fully saturated rings. The van der Waals surface area contributed by atoms with E-state index in [2.05, 4.69) is 238 Å². The number of hydrogen-bond donors (Lipinski definition) is 0. The molecule has 0 amide bonds. The third-order valence-corrected chi connectivity index (χ3v) is 14.3. The van der Waals surface area contributed by atoms with Crippen molar-refractivity contribution in [3.05, 3.63) is 242 Å². The van der Waals surface area contributed by atoms with Gasteiger partial charge in [0.05, 0.1) is 0 Å². The van der Waals surface area contributed by atoms with Crippen molar-refractivity contribution in [2.45, 2.75) is 19.3 Å². The molecule has 0 saturated carbocycles. The van der Waals surface area contributed by atoms with Crippen LogP contribution in [-0.2, 0) is 5.41 Å². The van der Waals surface area contributed by atoms with Crippen molar-refractivity contribution in [1.82, 2.24) is 0 Å². The maximum Gasteiger partial charge on any atom is 0.135 e. The van der Waals surface area contributed by atoms with Crippen molar-refractivity contribution in [3.63, 3.8) is 0 Å². The summed E-state index contributed by atoms with van der Waals surface area (Å²) in [5.41, 5.74) is 21.7. The van der Waals surface area contributed by atoms with Gasteiger partial charge in [0.25, 0.3) is 0 Å². The third-order valence-electron chi connectivity index (χ3n) is 14.3. The van der Waals surface area contributed by atoms with E-state index >= 15 is 0 Å². The summed E-state index contributed by atoms with van der Waals surface area (Å²) in [6, 6.07) is 84.8. The van der Waals surface area contributed by atoms with Crippen LogP contribution in [0, 0.1) is 0 Å². The minimum absolute atomic E-state index is 0.0630. The third kappa shape index (κ3) is 5.94. The highest BCUT2D eigenvalue weighted by atomic mass is 16.3. The lowest BCUT2D eigenvalue weighted by Gasteiger charge is -2.22. The van der Waals surface area contributed by atoms with E-state index in [4.69, 9.17) is 4.42 Å². The first-order valence-electron chi connectivity index (χ1n) is 23.0. The van der Waals surface area contributed by atoms with Crippen molar-refractivity contribution >= 4 is 43.5 Å². The predicted octanol–water partition coefficient (Wildman–Crippen LogP) is 18.2. The molecule has 1 aliphatic carbocycles. The van der Waals surface area contributed by atoms with Crippen LogP contribution in [0.5, 0.6) is 0 Å². The highest BCUT2D eigenvalue weighted by Gasteiger charge is 2.35. The number of para-hydroxylation sites is 1. The van der Waals surface area contributed by atoms with Crippen LogP contribution in [0.1, 0.15) is 25.0 Å². The molecule has 310 valence electrons. The van der Waals surface area contributed by atoms with Crippen LogP contribution < -0.4 is 0 Å². The summed E-state index contributed by atoms with van der Waals surface area (Å²) >= 11 is 0. The molecule has 1 nitrogen and oxygen atoms in total. The molecular weight excluding hydrogens is 797 g/mol. The molecule has 0 bridgehead atoms. The van der Waals surface area contributed by atoms with Gasteiger partial charge in [-0.25, -0.2) is 0 Å². The summed E-state index contributed by atoms with van der Waals surface area (Å²) in [6.45, 7) is 4.70. The average Bonchev–Trinajstić information content (AvgIpc) is 3.86. The van der Waals surface area contributed by atoms with Gasteiger partial charge in [0.15, 0.2) is 0 Å². The number of benzene rings is 11. The highest BCUT2D eigenvalue weighted by molar-refractivity contribution is 6.21. The SMILES string of the molecule is CC1(C)c2ccccc2-c2cc(-c3cccc(-c4ccc5oc6ccccc6c5c4)c3-c3ccc(-c4c5ccccc5c(-c5cccc(-c6ccccc6)c5)c5ccccc45)cc3)ccc21. The molecule has 0 unspecified atom stereocenters. The summed E-state index contributed by atoms with van der Waals surface area (Å²) in [5, 5.41) is 7.23. The fourth-order valence-corrected chi connectivity index (χ4v) is 11.2. The van der Waals surface area contributed by atoms with Crippen molar-refractivity contribution in [2.75, 3.05) is 0 Å². The average molecular weight is 841 g/mol. The Balaban J connectivity index is 1.00. The molecule has 0 aliphatic heterocycles. The highest BCUT2D eigenvalue weighted by Crippen LogP contribution is 2.51. The normalized spacial score (nSPS) is 12.8. The summed E-state index contributed by atoms with van der Waals surface area (Å²) in [6.07, 6.45) is 0. The lowest BCUT2D eigenvalue weighted by atomic mass is 9.81. The lowest BCUT2D eigenvalue weighted by molar-refractivity contribution is 0.660. The van der Waals surface area contributed by atoms with E-state index in [0.717, 1.165) is 27.5 Å². The zero-order valence-corrected chi connectivity index (χ0v) is 36.8. The molecule has 11 aromatic carbocycles. The Morgan fingerprint density at radius 1 is 0.258 bits per heavy atom. The Morgan fingerprint density at radius 3 is 1.44 bits per heavy atom. The Kier molecular flexibility index (Phi) is 8.63. The molecule has 0 saturated heterocycles. The fraction of sp³-hybridized carbons (Fsp3) is 0.0462. The molecule has 0 atom stereocenters. The van der Waals surface area contributed by atoms with Crippen LogP contribution in [-0.4, -0.2) is 0 Å². The van der Waals surface area contributed by atoms with Crippen LogP contribution in [0.2, 0.25) is 0 Å². The molecule has 1 heteroatoms. The minimum atomic E-state index is -0.0630. The Labute approximate surface area is 384 Å². The second-order valence-electron chi connectivity index (χ2n) is 18.3. The fourth-order valence-electron chi connectivity index (χ4n) is 11.2. The molecule has 66 heavy (non-hydrogen) atoms. The predicted molar refractivity (Wildman–Crippen MR) is 279 cm³/mol. The van der Waals surface area contributed by atoms with Gasteiger partial charge in [-0.1, -0.05) is 214 Å². The maximum atomic E-state index is 6.31. The number of fused-ring (bicyclic) bond motifs is 8. The van der Waals surface area contributed by atoms with E-state index in [9.17, 15) is 0 Å². The van der Waals surface area contributed by atoms with Gasteiger partial charge in [0.2, 0.25) is 0 Å². The molecule has 0 N–H and O–H groups in total. The largest absolute Gasteiger partial charge is 0.456 e. The Morgan fingerprint density at radius 2 is 0.727 bits per heavy atom. The number of hydrogen-bond acceptors (Lipinski definition) is 1. The standard InChI is InChI=1S/C65H44O/c1-65(2)58-28-12-10-20-50(58)56-39-45(34-36-59(56)65)48-26-15-27-49(46-35-37-61-57(40-46)51-21-11-13-29-60(51)66-61)62(48)42-30-32-43(33-31-42)63-52-22-6-8-24-54(52)64(55-25-9-7-23-53(55)63)47-19-14-18-44(38-47)41-16-4-3-5-17-41/h3-40H,1-2H3. The second kappa shape index (κ2) is 14.9. The first-order valence-corrected chi connectivity index (χ1v) is 23.0. The van der Waals surface area contributed by atoms with Crippen molar-refractivity contribution in [3.8, 4) is 77.9 Å². The molecule has 0 spiro atoms.